The van der Waals surface area contributed by atoms with Crippen molar-refractivity contribution in [1.29, 1.82) is 0 Å². The summed E-state index contributed by atoms with van der Waals surface area (Å²) in [7, 11) is 0. The molecule has 1 heterocycles. The van der Waals surface area contributed by atoms with Gasteiger partial charge in [-0.25, -0.2) is 0 Å². The van der Waals surface area contributed by atoms with Crippen LogP contribution < -0.4 is 10.6 Å². The van der Waals surface area contributed by atoms with Gasteiger partial charge in [-0.05, 0) is 18.2 Å². The normalized spacial score (nSPS) is 17.7. The Labute approximate surface area is 100.0 Å². The third-order valence-corrected chi connectivity index (χ3v) is 3.47. The lowest BCUT2D eigenvalue weighted by Gasteiger charge is -2.22. The van der Waals surface area contributed by atoms with Gasteiger partial charge in [0.25, 0.3) is 0 Å². The average Bonchev–Trinajstić information content (AvgIpc) is 2.25. The maximum Gasteiger partial charge on any atom is 0.0775 e. The fourth-order valence-corrected chi connectivity index (χ4v) is 2.19. The molecule has 0 spiro atoms. The molecule has 0 radical (unpaired) electrons. The monoisotopic (exact) mass is 245 g/mol. The number of benzene rings is 1. The molecule has 0 unspecified atom stereocenters. The second-order valence-corrected chi connectivity index (χ2v) is 4.73. The number of quaternary nitrogens is 1. The minimum Gasteiger partial charge on any atom is -0.382 e. The summed E-state index contributed by atoms with van der Waals surface area (Å²) in [6.07, 6.45) is 2.42. The molecule has 0 atom stereocenters. The minimum atomic E-state index is 0.576. The summed E-state index contributed by atoms with van der Waals surface area (Å²) in [5.74, 6) is 0. The van der Waals surface area contributed by atoms with E-state index < -0.39 is 0 Å². The van der Waals surface area contributed by atoms with Crippen molar-refractivity contribution >= 4 is 28.9 Å². The van der Waals surface area contributed by atoms with Gasteiger partial charge in [-0.3, -0.25) is 0 Å². The van der Waals surface area contributed by atoms with E-state index in [9.17, 15) is 0 Å². The zero-order valence-corrected chi connectivity index (χ0v) is 9.98. The van der Waals surface area contributed by atoms with Gasteiger partial charge in [0.2, 0.25) is 0 Å². The van der Waals surface area contributed by atoms with Gasteiger partial charge in [-0.2, -0.15) is 0 Å². The van der Waals surface area contributed by atoms with Crippen LogP contribution >= 0.6 is 23.2 Å². The van der Waals surface area contributed by atoms with Gasteiger partial charge in [0.15, 0.2) is 0 Å². The molecule has 1 fully saturated rings. The molecule has 0 bridgehead atoms. The number of rotatable bonds is 2. The Morgan fingerprint density at radius 3 is 2.53 bits per heavy atom. The largest absolute Gasteiger partial charge is 0.382 e. The van der Waals surface area contributed by atoms with E-state index >= 15 is 0 Å². The van der Waals surface area contributed by atoms with Crippen LogP contribution in [0.5, 0.6) is 0 Å². The van der Waals surface area contributed by atoms with Crippen LogP contribution in [0.25, 0.3) is 0 Å². The average molecular weight is 246 g/mol. The van der Waals surface area contributed by atoms with Gasteiger partial charge in [0.1, 0.15) is 0 Å². The van der Waals surface area contributed by atoms with E-state index in [1.165, 1.54) is 25.9 Å². The Balaban J connectivity index is 2.00. The number of piperidine rings is 1. The molecule has 82 valence electrons. The molecule has 2 rings (SSSR count). The molecule has 1 aromatic rings. The number of hydrogen-bond acceptors (Lipinski definition) is 1. The van der Waals surface area contributed by atoms with Gasteiger partial charge < -0.3 is 10.6 Å². The van der Waals surface area contributed by atoms with Crippen molar-refractivity contribution in [2.45, 2.75) is 18.9 Å². The SMILES string of the molecule is Clc1ccc(NC2CC[NH2+]CC2)cc1Cl. The van der Waals surface area contributed by atoms with Crippen molar-refractivity contribution < 1.29 is 5.32 Å². The fourth-order valence-electron chi connectivity index (χ4n) is 1.89. The summed E-state index contributed by atoms with van der Waals surface area (Å²) >= 11 is 11.8. The fraction of sp³-hybridized carbons (Fsp3) is 0.455. The number of anilines is 1. The summed E-state index contributed by atoms with van der Waals surface area (Å²) in [6, 6.07) is 6.28. The lowest BCUT2D eigenvalue weighted by atomic mass is 10.1. The van der Waals surface area contributed by atoms with Crippen molar-refractivity contribution in [2.24, 2.45) is 0 Å². The van der Waals surface area contributed by atoms with Crippen molar-refractivity contribution in [3.8, 4) is 0 Å². The molecule has 2 nitrogen and oxygen atoms in total. The minimum absolute atomic E-state index is 0.576. The molecule has 4 heteroatoms. The molecule has 1 aliphatic heterocycles. The lowest BCUT2D eigenvalue weighted by Crippen LogP contribution is -2.87. The quantitative estimate of drug-likeness (QED) is 0.822. The standard InChI is InChI=1S/C11H14Cl2N2/c12-10-2-1-9(7-11(10)13)15-8-3-5-14-6-4-8/h1-2,7-8,14-15H,3-6H2/p+1. The number of hydrogen-bond donors (Lipinski definition) is 2. The predicted molar refractivity (Wildman–Crippen MR) is 64.8 cm³/mol. The first-order valence-electron chi connectivity index (χ1n) is 5.29. The maximum atomic E-state index is 5.95. The molecule has 0 amide bonds. The number of nitrogens with two attached hydrogens (primary N) is 1. The van der Waals surface area contributed by atoms with Crippen LogP contribution in [0, 0.1) is 0 Å². The van der Waals surface area contributed by atoms with E-state index in [0.29, 0.717) is 16.1 Å². The summed E-state index contributed by atoms with van der Waals surface area (Å²) in [4.78, 5) is 0. The first kappa shape index (κ1) is 11.1. The highest BCUT2D eigenvalue weighted by atomic mass is 35.5. The highest BCUT2D eigenvalue weighted by Crippen LogP contribution is 2.25. The molecule has 3 N–H and O–H groups in total. The zero-order chi connectivity index (χ0) is 10.7. The highest BCUT2D eigenvalue weighted by Gasteiger charge is 2.14. The molecule has 15 heavy (non-hydrogen) atoms. The molecule has 1 aliphatic rings. The van der Waals surface area contributed by atoms with Gasteiger partial charge in [0, 0.05) is 24.6 Å². The molecule has 0 aromatic heterocycles. The van der Waals surface area contributed by atoms with Crippen LogP contribution in [0.2, 0.25) is 10.0 Å². The number of halogens is 2. The first-order valence-corrected chi connectivity index (χ1v) is 6.04. The Kier molecular flexibility index (Phi) is 3.73. The van der Waals surface area contributed by atoms with Crippen LogP contribution in [0.15, 0.2) is 18.2 Å². The van der Waals surface area contributed by atoms with Gasteiger partial charge in [-0.15, -0.1) is 0 Å². The second kappa shape index (κ2) is 5.06. The molecular formula is C11H15Cl2N2+. The van der Waals surface area contributed by atoms with E-state index in [-0.39, 0.29) is 0 Å². The summed E-state index contributed by atoms with van der Waals surface area (Å²) < 4.78 is 0. The molecular weight excluding hydrogens is 231 g/mol. The third-order valence-electron chi connectivity index (χ3n) is 2.73. The summed E-state index contributed by atoms with van der Waals surface area (Å²) in [5.41, 5.74) is 1.07. The van der Waals surface area contributed by atoms with Gasteiger partial charge in [-0.1, -0.05) is 23.2 Å². The van der Waals surface area contributed by atoms with Crippen LogP contribution in [-0.4, -0.2) is 19.1 Å². The van der Waals surface area contributed by atoms with Crippen LogP contribution in [0.3, 0.4) is 0 Å². The summed E-state index contributed by atoms with van der Waals surface area (Å²) in [6.45, 7) is 2.41. The summed E-state index contributed by atoms with van der Waals surface area (Å²) in [5, 5.41) is 7.07. The Hall–Kier alpha value is -0.440. The van der Waals surface area contributed by atoms with Crippen molar-refractivity contribution in [1.82, 2.24) is 0 Å². The number of nitrogens with one attached hydrogen (secondary N) is 1. The van der Waals surface area contributed by atoms with Crippen LogP contribution in [0.4, 0.5) is 5.69 Å². The van der Waals surface area contributed by atoms with E-state index in [2.05, 4.69) is 10.6 Å². The molecule has 0 aliphatic carbocycles. The van der Waals surface area contributed by atoms with Crippen LogP contribution in [0.1, 0.15) is 12.8 Å². The maximum absolute atomic E-state index is 5.95. The topological polar surface area (TPSA) is 28.6 Å². The van der Waals surface area contributed by atoms with Crippen molar-refractivity contribution in [2.75, 3.05) is 18.4 Å². The molecule has 0 saturated carbocycles. The Bertz CT molecular complexity index is 335. The molecule has 1 aromatic carbocycles. The van der Waals surface area contributed by atoms with Crippen LogP contribution in [-0.2, 0) is 0 Å². The smallest absolute Gasteiger partial charge is 0.0775 e. The van der Waals surface area contributed by atoms with E-state index in [1.54, 1.807) is 0 Å². The third kappa shape index (κ3) is 3.00. The van der Waals surface area contributed by atoms with E-state index in [4.69, 9.17) is 23.2 Å². The van der Waals surface area contributed by atoms with Crippen molar-refractivity contribution in [3.63, 3.8) is 0 Å². The van der Waals surface area contributed by atoms with E-state index in [1.807, 2.05) is 18.2 Å². The first-order chi connectivity index (χ1) is 7.25. The van der Waals surface area contributed by atoms with Gasteiger partial charge in [0.05, 0.1) is 23.1 Å². The lowest BCUT2D eigenvalue weighted by molar-refractivity contribution is -0.662. The highest BCUT2D eigenvalue weighted by molar-refractivity contribution is 6.42. The van der Waals surface area contributed by atoms with Gasteiger partial charge >= 0.3 is 0 Å². The second-order valence-electron chi connectivity index (χ2n) is 3.91. The predicted octanol–water partition coefficient (Wildman–Crippen LogP) is 2.13. The Morgan fingerprint density at radius 1 is 1.13 bits per heavy atom. The molecule has 1 saturated heterocycles. The Morgan fingerprint density at radius 2 is 1.87 bits per heavy atom. The van der Waals surface area contributed by atoms with Crippen molar-refractivity contribution in [3.05, 3.63) is 28.2 Å². The van der Waals surface area contributed by atoms with E-state index in [0.717, 1.165) is 5.69 Å². The zero-order valence-electron chi connectivity index (χ0n) is 8.47.